The first-order valence-corrected chi connectivity index (χ1v) is 10.9. The Morgan fingerprint density at radius 2 is 1.69 bits per heavy atom. The Bertz CT molecular complexity index is 1530. The van der Waals surface area contributed by atoms with Crippen molar-refractivity contribution in [2.45, 2.75) is 19.1 Å². The summed E-state index contributed by atoms with van der Waals surface area (Å²) in [4.78, 5) is 15.9. The van der Waals surface area contributed by atoms with Gasteiger partial charge in [0.25, 0.3) is 0 Å². The highest BCUT2D eigenvalue weighted by Gasteiger charge is 2.33. The van der Waals surface area contributed by atoms with Crippen LogP contribution < -0.4 is 5.32 Å². The number of nitrogens with one attached hydrogen (secondary N) is 1. The summed E-state index contributed by atoms with van der Waals surface area (Å²) < 4.78 is 53.7. The van der Waals surface area contributed by atoms with Gasteiger partial charge in [-0.2, -0.15) is 18.4 Å². The van der Waals surface area contributed by atoms with Crippen LogP contribution in [0.5, 0.6) is 0 Å². The van der Waals surface area contributed by atoms with Crippen molar-refractivity contribution in [3.05, 3.63) is 82.6 Å². The van der Waals surface area contributed by atoms with E-state index in [1.54, 1.807) is 24.3 Å². The highest BCUT2D eigenvalue weighted by Crippen LogP contribution is 2.38. The predicted octanol–water partition coefficient (Wildman–Crippen LogP) is 7.14. The third-order valence-electron chi connectivity index (χ3n) is 5.55. The van der Waals surface area contributed by atoms with Crippen molar-refractivity contribution < 1.29 is 27.5 Å². The van der Waals surface area contributed by atoms with E-state index in [9.17, 15) is 32.7 Å². The molecule has 2 N–H and O–H groups in total. The number of carboxylic acid groups (broad SMARTS) is 1. The molecular weight excluding hydrogens is 498 g/mol. The summed E-state index contributed by atoms with van der Waals surface area (Å²) in [5.74, 6) is -1.76. The Kier molecular flexibility index (Phi) is 6.57. The van der Waals surface area contributed by atoms with Gasteiger partial charge in [-0.15, -0.1) is 0 Å². The Hall–Kier alpha value is -4.16. The fourth-order valence-corrected chi connectivity index (χ4v) is 3.95. The second-order valence-electron chi connectivity index (χ2n) is 7.96. The third-order valence-corrected chi connectivity index (χ3v) is 5.88. The summed E-state index contributed by atoms with van der Waals surface area (Å²) in [6.07, 6.45) is -4.61. The quantitative estimate of drug-likeness (QED) is 0.277. The number of benzene rings is 3. The Balaban J connectivity index is 1.84. The summed E-state index contributed by atoms with van der Waals surface area (Å²) in [7, 11) is 0. The maximum absolute atomic E-state index is 14.0. The highest BCUT2D eigenvalue weighted by molar-refractivity contribution is 6.31. The van der Waals surface area contributed by atoms with E-state index in [2.05, 4.69) is 10.3 Å². The lowest BCUT2D eigenvalue weighted by atomic mass is 9.97. The monoisotopic (exact) mass is 513 g/mol. The van der Waals surface area contributed by atoms with Crippen molar-refractivity contribution in [2.75, 3.05) is 5.32 Å². The molecule has 3 aromatic carbocycles. The van der Waals surface area contributed by atoms with Crippen molar-refractivity contribution in [2.24, 2.45) is 0 Å². The van der Waals surface area contributed by atoms with Crippen molar-refractivity contribution in [1.82, 2.24) is 4.98 Å². The second kappa shape index (κ2) is 9.47. The maximum Gasteiger partial charge on any atom is 0.417 e. The normalized spacial score (nSPS) is 12.2. The molecule has 0 fully saturated rings. The van der Waals surface area contributed by atoms with E-state index in [1.807, 2.05) is 6.07 Å². The topological polar surface area (TPSA) is 86.0 Å². The number of nitrogens with zero attached hydrogens (tertiary/aromatic N) is 2. The number of aromatic nitrogens is 1. The molecule has 0 aliphatic heterocycles. The van der Waals surface area contributed by atoms with Gasteiger partial charge >= 0.3 is 12.1 Å². The fraction of sp³-hybridized carbons (Fsp3) is 0.115. The van der Waals surface area contributed by atoms with Gasteiger partial charge in [0.05, 0.1) is 27.5 Å². The molecule has 4 aromatic rings. The van der Waals surface area contributed by atoms with E-state index in [0.717, 1.165) is 12.1 Å². The highest BCUT2D eigenvalue weighted by atomic mass is 35.5. The smallest absolute Gasteiger partial charge is 0.417 e. The van der Waals surface area contributed by atoms with Crippen LogP contribution in [0, 0.1) is 17.1 Å². The van der Waals surface area contributed by atoms with Gasteiger partial charge < -0.3 is 10.4 Å². The lowest BCUT2D eigenvalue weighted by Crippen LogP contribution is -2.26. The van der Waals surface area contributed by atoms with Gasteiger partial charge in [0.2, 0.25) is 0 Å². The van der Waals surface area contributed by atoms with E-state index in [4.69, 9.17) is 11.6 Å². The van der Waals surface area contributed by atoms with Crippen molar-refractivity contribution in [3.63, 3.8) is 0 Å². The number of aliphatic carboxylic acids is 1. The number of nitriles is 1. The number of anilines is 1. The first kappa shape index (κ1) is 24.9. The van der Waals surface area contributed by atoms with Crippen LogP contribution in [-0.2, 0) is 11.0 Å². The molecule has 1 atom stereocenters. The van der Waals surface area contributed by atoms with Gasteiger partial charge in [0.1, 0.15) is 23.5 Å². The Morgan fingerprint density at radius 1 is 1.06 bits per heavy atom. The van der Waals surface area contributed by atoms with Crippen LogP contribution in [0.15, 0.2) is 60.7 Å². The molecule has 0 saturated heterocycles. The maximum atomic E-state index is 14.0. The van der Waals surface area contributed by atoms with Gasteiger partial charge in [-0.25, -0.2) is 9.37 Å². The molecule has 182 valence electrons. The van der Waals surface area contributed by atoms with Crippen LogP contribution in [0.4, 0.5) is 23.2 Å². The van der Waals surface area contributed by atoms with E-state index < -0.39 is 34.6 Å². The number of hydrogen-bond donors (Lipinski definition) is 2. The zero-order valence-corrected chi connectivity index (χ0v) is 19.2. The molecule has 0 bridgehead atoms. The van der Waals surface area contributed by atoms with Gasteiger partial charge in [-0.3, -0.25) is 4.79 Å². The molecule has 1 aromatic heterocycles. The molecule has 0 spiro atoms. The number of halogens is 5. The lowest BCUT2D eigenvalue weighted by molar-refractivity contribution is -0.138. The molecule has 0 aliphatic rings. The SMILES string of the molecule is CC(Nc1c(C#N)c(-c2ccc(-c3ccc(Cl)c(C(F)(F)F)c3)cc2)nc2ccc(F)cc12)C(=O)O. The van der Waals surface area contributed by atoms with Crippen LogP contribution >= 0.6 is 11.6 Å². The first-order valence-electron chi connectivity index (χ1n) is 10.5. The third kappa shape index (κ3) is 4.81. The van der Waals surface area contributed by atoms with Gasteiger partial charge in [0, 0.05) is 10.9 Å². The van der Waals surface area contributed by atoms with E-state index in [0.29, 0.717) is 22.2 Å². The minimum atomic E-state index is -4.61. The minimum absolute atomic E-state index is 0.000185. The number of carboxylic acids is 1. The van der Waals surface area contributed by atoms with Crippen LogP contribution in [0.2, 0.25) is 5.02 Å². The van der Waals surface area contributed by atoms with Crippen LogP contribution in [-0.4, -0.2) is 22.1 Å². The van der Waals surface area contributed by atoms with Crippen LogP contribution in [0.1, 0.15) is 18.1 Å². The van der Waals surface area contributed by atoms with Crippen molar-refractivity contribution >= 4 is 34.2 Å². The second-order valence-corrected chi connectivity index (χ2v) is 8.36. The molecule has 4 rings (SSSR count). The number of hydrogen-bond acceptors (Lipinski definition) is 4. The first-order chi connectivity index (χ1) is 17.0. The molecule has 0 amide bonds. The standard InChI is InChI=1S/C26H16ClF4N3O2/c1-13(25(35)36)33-24-18-11-17(28)7-9-22(18)34-23(19(24)12-32)15-4-2-14(3-5-15)16-6-8-21(27)20(10-16)26(29,30)31/h2-11,13H,1H3,(H,33,34)(H,35,36). The van der Waals surface area contributed by atoms with Crippen molar-refractivity contribution in [1.29, 1.82) is 5.26 Å². The number of pyridine rings is 1. The van der Waals surface area contributed by atoms with Crippen LogP contribution in [0.3, 0.4) is 0 Å². The number of fused-ring (bicyclic) bond motifs is 1. The van der Waals surface area contributed by atoms with Crippen LogP contribution in [0.25, 0.3) is 33.3 Å². The van der Waals surface area contributed by atoms with E-state index in [1.165, 1.54) is 31.2 Å². The van der Waals surface area contributed by atoms with E-state index >= 15 is 0 Å². The van der Waals surface area contributed by atoms with Gasteiger partial charge in [0.15, 0.2) is 0 Å². The number of carbonyl (C=O) groups is 1. The molecule has 0 aliphatic carbocycles. The molecule has 1 heterocycles. The number of rotatable bonds is 5. The van der Waals surface area contributed by atoms with Crippen molar-refractivity contribution in [3.8, 4) is 28.5 Å². The molecule has 0 saturated carbocycles. The number of alkyl halides is 3. The molecule has 0 radical (unpaired) electrons. The average molecular weight is 514 g/mol. The van der Waals surface area contributed by atoms with Gasteiger partial charge in [-0.1, -0.05) is 41.9 Å². The van der Waals surface area contributed by atoms with E-state index in [-0.39, 0.29) is 22.3 Å². The van der Waals surface area contributed by atoms with Gasteiger partial charge in [-0.05, 0) is 48.4 Å². The zero-order chi connectivity index (χ0) is 26.2. The lowest BCUT2D eigenvalue weighted by Gasteiger charge is -2.17. The predicted molar refractivity (Wildman–Crippen MR) is 128 cm³/mol. The molecule has 10 heteroatoms. The Morgan fingerprint density at radius 3 is 2.31 bits per heavy atom. The molecule has 1 unspecified atom stereocenters. The largest absolute Gasteiger partial charge is 0.480 e. The molecule has 36 heavy (non-hydrogen) atoms. The average Bonchev–Trinajstić information content (AvgIpc) is 2.83. The summed E-state index contributed by atoms with van der Waals surface area (Å²) >= 11 is 5.71. The summed E-state index contributed by atoms with van der Waals surface area (Å²) in [6, 6.07) is 14.6. The summed E-state index contributed by atoms with van der Waals surface area (Å²) in [5, 5.41) is 21.8. The summed E-state index contributed by atoms with van der Waals surface area (Å²) in [6.45, 7) is 1.38. The minimum Gasteiger partial charge on any atom is -0.480 e. The summed E-state index contributed by atoms with van der Waals surface area (Å²) in [5.41, 5.74) is 0.904. The molecular formula is C26H16ClF4N3O2. The Labute approximate surface area is 207 Å². The fourth-order valence-electron chi connectivity index (χ4n) is 3.72. The molecule has 5 nitrogen and oxygen atoms in total. The zero-order valence-electron chi connectivity index (χ0n) is 18.5.